The zero-order valence-electron chi connectivity index (χ0n) is 10.7. The minimum absolute atomic E-state index is 0.514. The van der Waals surface area contributed by atoms with Crippen LogP contribution in [0, 0.1) is 0 Å². The van der Waals surface area contributed by atoms with E-state index < -0.39 is 0 Å². The second-order valence-electron chi connectivity index (χ2n) is 4.18. The number of benzene rings is 1. The number of rotatable bonds is 3. The summed E-state index contributed by atoms with van der Waals surface area (Å²) in [4.78, 5) is 8.53. The van der Waals surface area contributed by atoms with E-state index in [-0.39, 0.29) is 0 Å². The van der Waals surface area contributed by atoms with Crippen LogP contribution in [0.4, 0.5) is 5.82 Å². The Hall–Kier alpha value is -2.16. The quantitative estimate of drug-likeness (QED) is 0.660. The molecule has 0 aliphatic heterocycles. The van der Waals surface area contributed by atoms with E-state index in [2.05, 4.69) is 41.2 Å². The summed E-state index contributed by atoms with van der Waals surface area (Å²) in [6.45, 7) is 3.91. The second kappa shape index (κ2) is 5.45. The number of aromatic nitrogens is 1. The average Bonchev–Trinajstić information content (AvgIpc) is 2.39. The highest BCUT2D eigenvalue weighted by Crippen LogP contribution is 2.28. The number of pyridine rings is 1. The molecule has 0 aliphatic carbocycles. The number of hydrogen-bond donors (Lipinski definition) is 1. The standard InChI is InChI=1S/C15H17N3/c1-3-12-6-8-13(9-7-12)14-5-4-10-17-15(14)18-11(2)16/h4-10H,3H2,1-2H3,(H2,16,17,18). The van der Waals surface area contributed by atoms with Crippen molar-refractivity contribution in [3.63, 3.8) is 0 Å². The molecule has 0 saturated heterocycles. The smallest absolute Gasteiger partial charge is 0.161 e. The van der Waals surface area contributed by atoms with Crippen LogP contribution in [0.15, 0.2) is 47.6 Å². The van der Waals surface area contributed by atoms with Gasteiger partial charge in [0.1, 0.15) is 0 Å². The van der Waals surface area contributed by atoms with Crippen LogP contribution in [0.3, 0.4) is 0 Å². The molecule has 0 spiro atoms. The predicted molar refractivity (Wildman–Crippen MR) is 76.0 cm³/mol. The Bertz CT molecular complexity index is 552. The Morgan fingerprint density at radius 2 is 1.94 bits per heavy atom. The lowest BCUT2D eigenvalue weighted by atomic mass is 10.0. The molecule has 2 aromatic rings. The van der Waals surface area contributed by atoms with E-state index in [4.69, 9.17) is 5.73 Å². The maximum absolute atomic E-state index is 5.63. The fourth-order valence-electron chi connectivity index (χ4n) is 1.80. The van der Waals surface area contributed by atoms with Crippen LogP contribution in [0.1, 0.15) is 19.4 Å². The highest BCUT2D eigenvalue weighted by Gasteiger charge is 2.04. The van der Waals surface area contributed by atoms with E-state index in [9.17, 15) is 0 Å². The van der Waals surface area contributed by atoms with Crippen molar-refractivity contribution < 1.29 is 0 Å². The zero-order chi connectivity index (χ0) is 13.0. The van der Waals surface area contributed by atoms with Gasteiger partial charge in [0.2, 0.25) is 0 Å². The Balaban J connectivity index is 2.46. The largest absolute Gasteiger partial charge is 0.387 e. The Morgan fingerprint density at radius 3 is 2.56 bits per heavy atom. The molecule has 1 aromatic carbocycles. The summed E-state index contributed by atoms with van der Waals surface area (Å²) in [5.74, 6) is 1.18. The SMILES string of the molecule is CCc1ccc(-c2cccnc2N=C(C)N)cc1. The minimum atomic E-state index is 0.514. The number of aryl methyl sites for hydroxylation is 1. The van der Waals surface area contributed by atoms with Gasteiger partial charge in [0.15, 0.2) is 5.82 Å². The molecule has 0 atom stereocenters. The van der Waals surface area contributed by atoms with Crippen molar-refractivity contribution in [1.82, 2.24) is 4.98 Å². The fraction of sp³-hybridized carbons (Fsp3) is 0.200. The first-order valence-corrected chi connectivity index (χ1v) is 6.06. The molecule has 0 fully saturated rings. The van der Waals surface area contributed by atoms with Crippen LogP contribution in [-0.2, 0) is 6.42 Å². The van der Waals surface area contributed by atoms with Gasteiger partial charge in [-0.05, 0) is 36.6 Å². The van der Waals surface area contributed by atoms with Crippen LogP contribution in [-0.4, -0.2) is 10.8 Å². The normalized spacial score (nSPS) is 11.6. The van der Waals surface area contributed by atoms with Crippen molar-refractivity contribution in [2.45, 2.75) is 20.3 Å². The molecule has 3 nitrogen and oxygen atoms in total. The van der Waals surface area contributed by atoms with Crippen LogP contribution >= 0.6 is 0 Å². The number of nitrogens with zero attached hydrogens (tertiary/aromatic N) is 2. The van der Waals surface area contributed by atoms with E-state index >= 15 is 0 Å². The first-order valence-electron chi connectivity index (χ1n) is 6.06. The first kappa shape index (κ1) is 12.3. The fourth-order valence-corrected chi connectivity index (χ4v) is 1.80. The van der Waals surface area contributed by atoms with Crippen molar-refractivity contribution in [1.29, 1.82) is 0 Å². The number of nitrogens with two attached hydrogens (primary N) is 1. The first-order chi connectivity index (χ1) is 8.70. The molecular weight excluding hydrogens is 222 g/mol. The molecule has 0 bridgehead atoms. The average molecular weight is 239 g/mol. The lowest BCUT2D eigenvalue weighted by molar-refractivity contribution is 1.14. The zero-order valence-corrected chi connectivity index (χ0v) is 10.7. The van der Waals surface area contributed by atoms with Crippen LogP contribution < -0.4 is 5.73 Å². The molecule has 3 heteroatoms. The summed E-state index contributed by atoms with van der Waals surface area (Å²) in [6, 6.07) is 12.4. The summed E-state index contributed by atoms with van der Waals surface area (Å²) < 4.78 is 0. The molecule has 0 aliphatic rings. The Morgan fingerprint density at radius 1 is 1.22 bits per heavy atom. The molecule has 1 heterocycles. The lowest BCUT2D eigenvalue weighted by Crippen LogP contribution is -2.04. The topological polar surface area (TPSA) is 51.3 Å². The maximum Gasteiger partial charge on any atom is 0.161 e. The predicted octanol–water partition coefficient (Wildman–Crippen LogP) is 3.32. The third-order valence-corrected chi connectivity index (χ3v) is 2.74. The van der Waals surface area contributed by atoms with Crippen molar-refractivity contribution >= 4 is 11.7 Å². The van der Waals surface area contributed by atoms with Gasteiger partial charge in [-0.15, -0.1) is 0 Å². The van der Waals surface area contributed by atoms with Gasteiger partial charge in [0, 0.05) is 11.8 Å². The van der Waals surface area contributed by atoms with E-state index in [0.29, 0.717) is 11.7 Å². The number of aliphatic imine (C=N–C) groups is 1. The van der Waals surface area contributed by atoms with Crippen molar-refractivity contribution in [3.8, 4) is 11.1 Å². The van der Waals surface area contributed by atoms with Gasteiger partial charge in [-0.25, -0.2) is 9.98 Å². The molecule has 2 rings (SSSR count). The van der Waals surface area contributed by atoms with Gasteiger partial charge in [-0.2, -0.15) is 0 Å². The van der Waals surface area contributed by atoms with E-state index in [1.165, 1.54) is 5.56 Å². The molecule has 18 heavy (non-hydrogen) atoms. The van der Waals surface area contributed by atoms with Crippen molar-refractivity contribution in [2.24, 2.45) is 10.7 Å². The van der Waals surface area contributed by atoms with E-state index in [0.717, 1.165) is 17.5 Å². The van der Waals surface area contributed by atoms with Gasteiger partial charge in [0.05, 0.1) is 5.84 Å². The molecule has 0 amide bonds. The van der Waals surface area contributed by atoms with Gasteiger partial charge in [-0.3, -0.25) is 0 Å². The van der Waals surface area contributed by atoms with E-state index in [1.807, 2.05) is 12.1 Å². The highest BCUT2D eigenvalue weighted by molar-refractivity contribution is 5.83. The molecule has 2 N–H and O–H groups in total. The third kappa shape index (κ3) is 2.74. The Labute approximate surface area is 107 Å². The van der Waals surface area contributed by atoms with Crippen LogP contribution in [0.5, 0.6) is 0 Å². The highest BCUT2D eigenvalue weighted by atomic mass is 14.9. The van der Waals surface area contributed by atoms with Gasteiger partial charge < -0.3 is 5.73 Å². The third-order valence-electron chi connectivity index (χ3n) is 2.74. The number of amidine groups is 1. The monoisotopic (exact) mass is 239 g/mol. The summed E-state index contributed by atoms with van der Waals surface area (Å²) in [6.07, 6.45) is 2.77. The van der Waals surface area contributed by atoms with Gasteiger partial charge >= 0.3 is 0 Å². The summed E-state index contributed by atoms with van der Waals surface area (Å²) in [5, 5.41) is 0. The van der Waals surface area contributed by atoms with Crippen molar-refractivity contribution in [2.75, 3.05) is 0 Å². The molecule has 92 valence electrons. The Kier molecular flexibility index (Phi) is 3.72. The minimum Gasteiger partial charge on any atom is -0.387 e. The molecule has 0 unspecified atom stereocenters. The lowest BCUT2D eigenvalue weighted by Gasteiger charge is -2.06. The van der Waals surface area contributed by atoms with E-state index in [1.54, 1.807) is 13.1 Å². The van der Waals surface area contributed by atoms with Crippen LogP contribution in [0.2, 0.25) is 0 Å². The summed E-state index contributed by atoms with van der Waals surface area (Å²) in [5.41, 5.74) is 9.06. The van der Waals surface area contributed by atoms with Crippen LogP contribution in [0.25, 0.3) is 11.1 Å². The number of hydrogen-bond acceptors (Lipinski definition) is 2. The molecule has 0 saturated carbocycles. The molecular formula is C15H17N3. The second-order valence-corrected chi connectivity index (χ2v) is 4.18. The molecule has 0 radical (unpaired) electrons. The van der Waals surface area contributed by atoms with Gasteiger partial charge in [-0.1, -0.05) is 31.2 Å². The maximum atomic E-state index is 5.63. The van der Waals surface area contributed by atoms with Gasteiger partial charge in [0.25, 0.3) is 0 Å². The summed E-state index contributed by atoms with van der Waals surface area (Å²) in [7, 11) is 0. The molecule has 1 aromatic heterocycles. The summed E-state index contributed by atoms with van der Waals surface area (Å²) >= 11 is 0. The van der Waals surface area contributed by atoms with Crippen molar-refractivity contribution in [3.05, 3.63) is 48.2 Å².